The normalized spacial score (nSPS) is 16.5. The van der Waals surface area contributed by atoms with Gasteiger partial charge < -0.3 is 14.8 Å². The van der Waals surface area contributed by atoms with Crippen molar-refractivity contribution in [3.8, 4) is 11.8 Å². The predicted molar refractivity (Wildman–Crippen MR) is 69.7 cm³/mol. The lowest BCUT2D eigenvalue weighted by molar-refractivity contribution is -0.0690. The molecular weight excluding hydrogens is 228 g/mol. The highest BCUT2D eigenvalue weighted by Crippen LogP contribution is 2.28. The number of nitrogens with one attached hydrogen (secondary N) is 1. The molecule has 1 saturated heterocycles. The van der Waals surface area contributed by atoms with E-state index in [0.717, 1.165) is 17.0 Å². The van der Waals surface area contributed by atoms with E-state index in [0.29, 0.717) is 26.4 Å². The molecule has 0 aromatic heterocycles. The summed E-state index contributed by atoms with van der Waals surface area (Å²) in [6.07, 6.45) is 0. The van der Waals surface area contributed by atoms with Gasteiger partial charge in [0.05, 0.1) is 25.9 Å². The Kier molecular flexibility index (Phi) is 3.73. The number of rotatable bonds is 5. The van der Waals surface area contributed by atoms with Crippen LogP contribution in [0.1, 0.15) is 12.5 Å². The molecule has 1 N–H and O–H groups in total. The van der Waals surface area contributed by atoms with E-state index in [1.165, 1.54) is 0 Å². The summed E-state index contributed by atoms with van der Waals surface area (Å²) in [6.45, 7) is 6.32. The molecular formula is C14H18N2O2. The molecule has 0 spiro atoms. The summed E-state index contributed by atoms with van der Waals surface area (Å²) in [5.74, 6) is 0.907. The van der Waals surface area contributed by atoms with Crippen molar-refractivity contribution in [2.24, 2.45) is 5.41 Å². The standard InChI is InChI=1S/C14H18N2O2/c1-3-18-13-5-4-12(6-11(13)2)16-8-14(7-15)9-17-10-14/h4-6,16H,3,8-10H2,1-2H3. The van der Waals surface area contributed by atoms with E-state index in [2.05, 4.69) is 11.4 Å². The molecule has 96 valence electrons. The van der Waals surface area contributed by atoms with Crippen LogP contribution in [-0.2, 0) is 4.74 Å². The Morgan fingerprint density at radius 1 is 1.50 bits per heavy atom. The SMILES string of the molecule is CCOc1ccc(NCC2(C#N)COC2)cc1C. The fraction of sp³-hybridized carbons (Fsp3) is 0.500. The Hall–Kier alpha value is -1.73. The van der Waals surface area contributed by atoms with Gasteiger partial charge in [0.25, 0.3) is 0 Å². The molecule has 18 heavy (non-hydrogen) atoms. The lowest BCUT2D eigenvalue weighted by Crippen LogP contribution is -2.46. The van der Waals surface area contributed by atoms with E-state index >= 15 is 0 Å². The second-order valence-electron chi connectivity index (χ2n) is 4.65. The third kappa shape index (κ3) is 2.57. The fourth-order valence-electron chi connectivity index (χ4n) is 1.90. The lowest BCUT2D eigenvalue weighted by Gasteiger charge is -2.35. The van der Waals surface area contributed by atoms with Gasteiger partial charge in [0.2, 0.25) is 0 Å². The summed E-state index contributed by atoms with van der Waals surface area (Å²) >= 11 is 0. The van der Waals surface area contributed by atoms with Gasteiger partial charge in [0.1, 0.15) is 11.2 Å². The molecule has 0 aliphatic carbocycles. The first-order valence-electron chi connectivity index (χ1n) is 6.15. The highest BCUT2D eigenvalue weighted by atomic mass is 16.5. The van der Waals surface area contributed by atoms with Crippen molar-refractivity contribution in [3.05, 3.63) is 23.8 Å². The zero-order chi connectivity index (χ0) is 13.0. The van der Waals surface area contributed by atoms with Crippen molar-refractivity contribution in [2.45, 2.75) is 13.8 Å². The van der Waals surface area contributed by atoms with E-state index in [4.69, 9.17) is 14.7 Å². The molecule has 0 bridgehead atoms. The van der Waals surface area contributed by atoms with E-state index in [-0.39, 0.29) is 5.41 Å². The molecule has 1 aromatic rings. The van der Waals surface area contributed by atoms with Crippen molar-refractivity contribution < 1.29 is 9.47 Å². The topological polar surface area (TPSA) is 54.3 Å². The van der Waals surface area contributed by atoms with Crippen molar-refractivity contribution in [1.82, 2.24) is 0 Å². The Bertz CT molecular complexity index is 461. The average Bonchev–Trinajstić information content (AvgIpc) is 2.32. The second-order valence-corrected chi connectivity index (χ2v) is 4.65. The monoisotopic (exact) mass is 246 g/mol. The van der Waals surface area contributed by atoms with Crippen LogP contribution in [0, 0.1) is 23.7 Å². The molecule has 4 nitrogen and oxygen atoms in total. The predicted octanol–water partition coefficient (Wildman–Crippen LogP) is 2.35. The first-order valence-corrected chi connectivity index (χ1v) is 6.15. The largest absolute Gasteiger partial charge is 0.494 e. The number of nitrogens with zero attached hydrogens (tertiary/aromatic N) is 1. The Balaban J connectivity index is 1.98. The average molecular weight is 246 g/mol. The van der Waals surface area contributed by atoms with Gasteiger partial charge in [-0.15, -0.1) is 0 Å². The fourth-order valence-corrected chi connectivity index (χ4v) is 1.90. The number of anilines is 1. The highest BCUT2D eigenvalue weighted by molar-refractivity contribution is 5.51. The first-order chi connectivity index (χ1) is 8.69. The van der Waals surface area contributed by atoms with Crippen molar-refractivity contribution >= 4 is 5.69 Å². The minimum Gasteiger partial charge on any atom is -0.494 e. The lowest BCUT2D eigenvalue weighted by atomic mass is 9.88. The van der Waals surface area contributed by atoms with Gasteiger partial charge in [0, 0.05) is 12.2 Å². The van der Waals surface area contributed by atoms with Gasteiger partial charge in [-0.2, -0.15) is 5.26 Å². The molecule has 2 rings (SSSR count). The summed E-state index contributed by atoms with van der Waals surface area (Å²) in [6, 6.07) is 8.29. The highest BCUT2D eigenvalue weighted by Gasteiger charge is 2.38. The molecule has 4 heteroatoms. The van der Waals surface area contributed by atoms with Crippen LogP contribution >= 0.6 is 0 Å². The summed E-state index contributed by atoms with van der Waals surface area (Å²) in [5.41, 5.74) is 1.75. The van der Waals surface area contributed by atoms with Crippen molar-refractivity contribution in [1.29, 1.82) is 5.26 Å². The Morgan fingerprint density at radius 2 is 2.28 bits per heavy atom. The number of aryl methyl sites for hydroxylation is 1. The third-order valence-electron chi connectivity index (χ3n) is 3.10. The number of benzene rings is 1. The zero-order valence-electron chi connectivity index (χ0n) is 10.8. The smallest absolute Gasteiger partial charge is 0.122 e. The van der Waals surface area contributed by atoms with E-state index in [9.17, 15) is 0 Å². The second kappa shape index (κ2) is 5.28. The zero-order valence-corrected chi connectivity index (χ0v) is 10.8. The minimum absolute atomic E-state index is 0.355. The van der Waals surface area contributed by atoms with E-state index < -0.39 is 0 Å². The molecule has 0 radical (unpaired) electrons. The van der Waals surface area contributed by atoms with Crippen LogP contribution in [0.3, 0.4) is 0 Å². The number of hydrogen-bond acceptors (Lipinski definition) is 4. The summed E-state index contributed by atoms with van der Waals surface area (Å²) in [7, 11) is 0. The summed E-state index contributed by atoms with van der Waals surface area (Å²) in [5, 5.41) is 12.4. The molecule has 1 heterocycles. The van der Waals surface area contributed by atoms with Crippen LogP contribution in [0.15, 0.2) is 18.2 Å². The molecule has 1 aliphatic heterocycles. The molecule has 0 unspecified atom stereocenters. The Morgan fingerprint density at radius 3 is 2.78 bits per heavy atom. The van der Waals surface area contributed by atoms with Crippen molar-refractivity contribution in [3.63, 3.8) is 0 Å². The number of hydrogen-bond donors (Lipinski definition) is 1. The molecule has 0 saturated carbocycles. The van der Waals surface area contributed by atoms with Gasteiger partial charge in [-0.3, -0.25) is 0 Å². The van der Waals surface area contributed by atoms with Gasteiger partial charge in [-0.25, -0.2) is 0 Å². The maximum atomic E-state index is 9.09. The van der Waals surface area contributed by atoms with Crippen LogP contribution < -0.4 is 10.1 Å². The third-order valence-corrected chi connectivity index (χ3v) is 3.10. The summed E-state index contributed by atoms with van der Waals surface area (Å²) in [4.78, 5) is 0. The van der Waals surface area contributed by atoms with E-state index in [1.54, 1.807) is 0 Å². The minimum atomic E-state index is -0.355. The molecule has 1 fully saturated rings. The maximum Gasteiger partial charge on any atom is 0.122 e. The van der Waals surface area contributed by atoms with Crippen molar-refractivity contribution in [2.75, 3.05) is 31.7 Å². The van der Waals surface area contributed by atoms with E-state index in [1.807, 2.05) is 32.0 Å². The number of ether oxygens (including phenoxy) is 2. The quantitative estimate of drug-likeness (QED) is 0.866. The van der Waals surface area contributed by atoms with Gasteiger partial charge in [-0.05, 0) is 37.6 Å². The summed E-state index contributed by atoms with van der Waals surface area (Å²) < 4.78 is 10.6. The van der Waals surface area contributed by atoms with Crippen LogP contribution in [0.4, 0.5) is 5.69 Å². The van der Waals surface area contributed by atoms with Crippen LogP contribution in [0.5, 0.6) is 5.75 Å². The van der Waals surface area contributed by atoms with Gasteiger partial charge >= 0.3 is 0 Å². The van der Waals surface area contributed by atoms with Gasteiger partial charge in [0.15, 0.2) is 0 Å². The molecule has 0 atom stereocenters. The first kappa shape index (κ1) is 12.7. The van der Waals surface area contributed by atoms with Crippen LogP contribution in [0.25, 0.3) is 0 Å². The molecule has 1 aromatic carbocycles. The maximum absolute atomic E-state index is 9.09. The van der Waals surface area contributed by atoms with Crippen LogP contribution in [0.2, 0.25) is 0 Å². The van der Waals surface area contributed by atoms with Crippen LogP contribution in [-0.4, -0.2) is 26.4 Å². The van der Waals surface area contributed by atoms with Gasteiger partial charge in [-0.1, -0.05) is 0 Å². The Labute approximate surface area is 108 Å². The molecule has 1 aliphatic rings. The number of nitriles is 1. The molecule has 0 amide bonds.